The summed E-state index contributed by atoms with van der Waals surface area (Å²) in [6.45, 7) is 0.397. The molecule has 3 rings (SSSR count). The van der Waals surface area contributed by atoms with Crippen LogP contribution in [0.15, 0.2) is 36.4 Å². The first-order valence-corrected chi connectivity index (χ1v) is 6.62. The van der Waals surface area contributed by atoms with Crippen molar-refractivity contribution in [3.63, 3.8) is 0 Å². The maximum Gasteiger partial charge on any atom is 0.196 e. The fourth-order valence-electron chi connectivity index (χ4n) is 2.34. The number of anilines is 1. The Kier molecular flexibility index (Phi) is 3.38. The fourth-order valence-corrected chi connectivity index (χ4v) is 2.34. The second kappa shape index (κ2) is 5.19. The molecule has 2 aromatic carbocycles. The molecule has 0 aromatic heterocycles. The third-order valence-corrected chi connectivity index (χ3v) is 3.58. The number of hydrogen-bond donors (Lipinski definition) is 1. The van der Waals surface area contributed by atoms with Gasteiger partial charge in [-0.2, -0.15) is 0 Å². The minimum atomic E-state index is -1.44. The number of hydrogen-bond acceptors (Lipinski definition) is 1. The van der Waals surface area contributed by atoms with E-state index in [0.29, 0.717) is 12.5 Å². The SMILES string of the molecule is Fc1ccc(NCc2ccccc2C2CC2)c(F)c1F. The molecule has 0 atom stereocenters. The molecule has 0 saturated heterocycles. The summed E-state index contributed by atoms with van der Waals surface area (Å²) < 4.78 is 39.6. The molecule has 1 N–H and O–H groups in total. The third kappa shape index (κ3) is 2.50. The smallest absolute Gasteiger partial charge is 0.196 e. The monoisotopic (exact) mass is 277 g/mol. The Morgan fingerprint density at radius 3 is 2.45 bits per heavy atom. The van der Waals surface area contributed by atoms with Crippen LogP contribution < -0.4 is 5.32 Å². The second-order valence-electron chi connectivity index (χ2n) is 5.05. The molecule has 0 heterocycles. The zero-order valence-corrected chi connectivity index (χ0v) is 10.8. The Bertz CT molecular complexity index is 636. The van der Waals surface area contributed by atoms with Crippen molar-refractivity contribution in [2.75, 3.05) is 5.32 Å². The predicted octanol–water partition coefficient (Wildman–Crippen LogP) is 4.59. The second-order valence-corrected chi connectivity index (χ2v) is 5.05. The van der Waals surface area contributed by atoms with E-state index in [4.69, 9.17) is 0 Å². The quantitative estimate of drug-likeness (QED) is 0.806. The van der Waals surface area contributed by atoms with Gasteiger partial charge in [0.2, 0.25) is 0 Å². The van der Waals surface area contributed by atoms with Crippen molar-refractivity contribution in [2.45, 2.75) is 25.3 Å². The molecule has 2 aromatic rings. The van der Waals surface area contributed by atoms with Crippen LogP contribution in [0.3, 0.4) is 0 Å². The van der Waals surface area contributed by atoms with Crippen molar-refractivity contribution in [1.82, 2.24) is 0 Å². The van der Waals surface area contributed by atoms with Gasteiger partial charge < -0.3 is 5.32 Å². The van der Waals surface area contributed by atoms with Crippen LogP contribution in [-0.2, 0) is 6.54 Å². The normalized spacial score (nSPS) is 14.3. The predicted molar refractivity (Wildman–Crippen MR) is 72.1 cm³/mol. The van der Waals surface area contributed by atoms with E-state index in [1.54, 1.807) is 0 Å². The lowest BCUT2D eigenvalue weighted by atomic mass is 10.0. The highest BCUT2D eigenvalue weighted by Crippen LogP contribution is 2.41. The van der Waals surface area contributed by atoms with E-state index < -0.39 is 17.5 Å². The molecular formula is C16H14F3N. The lowest BCUT2D eigenvalue weighted by molar-refractivity contribution is 0.449. The average Bonchev–Trinajstić information content (AvgIpc) is 3.29. The van der Waals surface area contributed by atoms with Gasteiger partial charge in [0, 0.05) is 6.54 Å². The van der Waals surface area contributed by atoms with Crippen molar-refractivity contribution in [3.05, 3.63) is 65.0 Å². The molecule has 4 heteroatoms. The van der Waals surface area contributed by atoms with Crippen LogP contribution in [0.25, 0.3) is 0 Å². The van der Waals surface area contributed by atoms with Crippen molar-refractivity contribution < 1.29 is 13.2 Å². The first-order valence-electron chi connectivity index (χ1n) is 6.62. The molecule has 0 amide bonds. The topological polar surface area (TPSA) is 12.0 Å². The van der Waals surface area contributed by atoms with Crippen molar-refractivity contribution in [3.8, 4) is 0 Å². The lowest BCUT2D eigenvalue weighted by Crippen LogP contribution is -2.05. The van der Waals surface area contributed by atoms with Gasteiger partial charge in [0.25, 0.3) is 0 Å². The standard InChI is InChI=1S/C16H14F3N/c17-13-7-8-14(16(19)15(13)18)20-9-11-3-1-2-4-12(11)10-5-6-10/h1-4,7-8,10,20H,5-6,9H2. The Hall–Kier alpha value is -1.97. The summed E-state index contributed by atoms with van der Waals surface area (Å²) in [6.07, 6.45) is 2.35. The van der Waals surface area contributed by atoms with Crippen LogP contribution >= 0.6 is 0 Å². The molecule has 1 aliphatic carbocycles. The third-order valence-electron chi connectivity index (χ3n) is 3.58. The minimum Gasteiger partial charge on any atom is -0.378 e. The summed E-state index contributed by atoms with van der Waals surface area (Å²) in [7, 11) is 0. The van der Waals surface area contributed by atoms with E-state index >= 15 is 0 Å². The van der Waals surface area contributed by atoms with E-state index in [1.165, 1.54) is 24.5 Å². The summed E-state index contributed by atoms with van der Waals surface area (Å²) in [4.78, 5) is 0. The molecule has 0 bridgehead atoms. The van der Waals surface area contributed by atoms with Crippen molar-refractivity contribution in [1.29, 1.82) is 0 Å². The number of nitrogens with one attached hydrogen (secondary N) is 1. The van der Waals surface area contributed by atoms with Gasteiger partial charge in [-0.15, -0.1) is 0 Å². The Morgan fingerprint density at radius 1 is 0.950 bits per heavy atom. The van der Waals surface area contributed by atoms with Gasteiger partial charge in [-0.05, 0) is 42.0 Å². The van der Waals surface area contributed by atoms with Crippen LogP contribution in [0.4, 0.5) is 18.9 Å². The van der Waals surface area contributed by atoms with Gasteiger partial charge in [-0.3, -0.25) is 0 Å². The molecule has 20 heavy (non-hydrogen) atoms. The summed E-state index contributed by atoms with van der Waals surface area (Å²) in [5.41, 5.74) is 2.30. The molecule has 1 saturated carbocycles. The molecule has 1 aliphatic rings. The van der Waals surface area contributed by atoms with Gasteiger partial charge in [-0.25, -0.2) is 13.2 Å². The van der Waals surface area contributed by atoms with Crippen LogP contribution in [0.1, 0.15) is 29.9 Å². The zero-order valence-electron chi connectivity index (χ0n) is 10.8. The first kappa shape index (κ1) is 13.0. The molecule has 0 radical (unpaired) electrons. The van der Waals surface area contributed by atoms with Crippen LogP contribution in [0, 0.1) is 17.5 Å². The lowest BCUT2D eigenvalue weighted by Gasteiger charge is -2.12. The molecule has 1 fully saturated rings. The van der Waals surface area contributed by atoms with E-state index in [1.807, 2.05) is 18.2 Å². The fraction of sp³-hybridized carbons (Fsp3) is 0.250. The molecule has 0 aliphatic heterocycles. The van der Waals surface area contributed by atoms with Crippen LogP contribution in [0.5, 0.6) is 0 Å². The highest BCUT2D eigenvalue weighted by atomic mass is 19.2. The molecule has 0 spiro atoms. The largest absolute Gasteiger partial charge is 0.378 e. The van der Waals surface area contributed by atoms with Crippen LogP contribution in [-0.4, -0.2) is 0 Å². The van der Waals surface area contributed by atoms with E-state index in [9.17, 15) is 13.2 Å². The number of halogens is 3. The Balaban J connectivity index is 1.79. The van der Waals surface area contributed by atoms with E-state index in [2.05, 4.69) is 11.4 Å². The number of benzene rings is 2. The van der Waals surface area contributed by atoms with Crippen molar-refractivity contribution in [2.24, 2.45) is 0 Å². The van der Waals surface area contributed by atoms with Gasteiger partial charge >= 0.3 is 0 Å². The van der Waals surface area contributed by atoms with Gasteiger partial charge in [-0.1, -0.05) is 24.3 Å². The van der Waals surface area contributed by atoms with Gasteiger partial charge in [0.1, 0.15) is 0 Å². The highest BCUT2D eigenvalue weighted by molar-refractivity contribution is 5.47. The summed E-state index contributed by atoms with van der Waals surface area (Å²) in [5.74, 6) is -3.20. The van der Waals surface area contributed by atoms with Gasteiger partial charge in [0.15, 0.2) is 17.5 Å². The average molecular weight is 277 g/mol. The van der Waals surface area contributed by atoms with Crippen molar-refractivity contribution >= 4 is 5.69 Å². The van der Waals surface area contributed by atoms with E-state index in [0.717, 1.165) is 11.6 Å². The van der Waals surface area contributed by atoms with E-state index in [-0.39, 0.29) is 5.69 Å². The minimum absolute atomic E-state index is 0.0190. The highest BCUT2D eigenvalue weighted by Gasteiger charge is 2.25. The zero-order chi connectivity index (χ0) is 14.1. The molecular weight excluding hydrogens is 263 g/mol. The Morgan fingerprint density at radius 2 is 1.70 bits per heavy atom. The summed E-state index contributed by atoms with van der Waals surface area (Å²) in [5, 5.41) is 2.84. The first-order chi connectivity index (χ1) is 9.66. The summed E-state index contributed by atoms with van der Waals surface area (Å²) >= 11 is 0. The molecule has 1 nitrogen and oxygen atoms in total. The number of rotatable bonds is 4. The van der Waals surface area contributed by atoms with Gasteiger partial charge in [0.05, 0.1) is 5.69 Å². The van der Waals surface area contributed by atoms with Crippen LogP contribution in [0.2, 0.25) is 0 Å². The maximum atomic E-state index is 13.6. The molecule has 0 unspecified atom stereocenters. The maximum absolute atomic E-state index is 13.6. The Labute approximate surface area is 115 Å². The summed E-state index contributed by atoms with van der Waals surface area (Å²) in [6, 6.07) is 10.1. The molecule has 104 valence electrons.